The van der Waals surface area contributed by atoms with Crippen molar-refractivity contribution in [3.05, 3.63) is 125 Å². The number of hydrogen-bond acceptors (Lipinski definition) is 5. The number of nitrogens with zero attached hydrogens (tertiary/aromatic N) is 2. The number of unbranched alkanes of at least 4 members (excludes halogenated alkanes) is 3. The zero-order valence-electron chi connectivity index (χ0n) is 26.9. The number of nitrogens with one attached hydrogen (secondary N) is 1. The number of hydrogen-bond donors (Lipinski definition) is 2. The molecule has 238 valence electrons. The molecule has 0 radical (unpaired) electrons. The number of carbonyl (C=O) groups is 1. The maximum Gasteiger partial charge on any atom is 0.251 e. The lowest BCUT2D eigenvalue weighted by molar-refractivity contribution is 0.0965. The van der Waals surface area contributed by atoms with Gasteiger partial charge in [0.05, 0.1) is 6.61 Å². The maximum absolute atomic E-state index is 11.8. The number of amides is 1. The SMILES string of the molecule is CC/C(=C(\c1ccc(O)cc1)c1ccc(OCCCCCCN2CCN(c3ccc4c(c3)CNC4=O)CC2)cc1)c1ccccc1. The first-order valence-electron chi connectivity index (χ1n) is 16.8. The van der Waals surface area contributed by atoms with Crippen molar-refractivity contribution in [3.8, 4) is 11.5 Å². The number of carbonyl (C=O) groups excluding carboxylic acids is 1. The lowest BCUT2D eigenvalue weighted by Crippen LogP contribution is -2.46. The highest BCUT2D eigenvalue weighted by molar-refractivity contribution is 5.99. The van der Waals surface area contributed by atoms with Crippen molar-refractivity contribution in [2.75, 3.05) is 44.2 Å². The molecule has 6 nitrogen and oxygen atoms in total. The fourth-order valence-corrected chi connectivity index (χ4v) is 6.65. The third-order valence-corrected chi connectivity index (χ3v) is 9.22. The van der Waals surface area contributed by atoms with Gasteiger partial charge in [0, 0.05) is 44.0 Å². The summed E-state index contributed by atoms with van der Waals surface area (Å²) in [4.78, 5) is 16.9. The van der Waals surface area contributed by atoms with Gasteiger partial charge in [-0.25, -0.2) is 0 Å². The predicted octanol–water partition coefficient (Wildman–Crippen LogP) is 7.77. The van der Waals surface area contributed by atoms with Crippen molar-refractivity contribution in [2.45, 2.75) is 45.6 Å². The highest BCUT2D eigenvalue weighted by Crippen LogP contribution is 2.35. The van der Waals surface area contributed by atoms with E-state index in [1.54, 1.807) is 12.1 Å². The third-order valence-electron chi connectivity index (χ3n) is 9.22. The summed E-state index contributed by atoms with van der Waals surface area (Å²) >= 11 is 0. The van der Waals surface area contributed by atoms with E-state index in [1.165, 1.54) is 41.7 Å². The number of aromatic hydroxyl groups is 1. The first-order chi connectivity index (χ1) is 22.6. The standard InChI is InChI=1S/C40H45N3O3/c1-2-37(30-10-6-5-7-11-30)39(31-12-17-35(44)18-13-31)32-14-19-36(20-15-32)46-27-9-4-3-8-22-42-23-25-43(26-24-42)34-16-21-38-33(28-34)29-41-40(38)45/h5-7,10-21,28,44H,2-4,8-9,22-27,29H2,1H3,(H,41,45)/b39-37-. The summed E-state index contributed by atoms with van der Waals surface area (Å²) in [5.41, 5.74) is 9.07. The Morgan fingerprint density at radius 3 is 2.20 bits per heavy atom. The van der Waals surface area contributed by atoms with Crippen molar-refractivity contribution >= 4 is 22.7 Å². The van der Waals surface area contributed by atoms with Crippen molar-refractivity contribution in [2.24, 2.45) is 0 Å². The summed E-state index contributed by atoms with van der Waals surface area (Å²) < 4.78 is 6.13. The Labute approximate surface area is 273 Å². The van der Waals surface area contributed by atoms with Crippen LogP contribution in [0, 0.1) is 0 Å². The van der Waals surface area contributed by atoms with Gasteiger partial charge in [-0.3, -0.25) is 9.69 Å². The fraction of sp³-hybridized carbons (Fsp3) is 0.325. The molecule has 1 saturated heterocycles. The van der Waals surface area contributed by atoms with E-state index >= 15 is 0 Å². The topological polar surface area (TPSA) is 65.0 Å². The lowest BCUT2D eigenvalue weighted by Gasteiger charge is -2.36. The molecule has 1 fully saturated rings. The van der Waals surface area contributed by atoms with Gasteiger partial charge in [-0.2, -0.15) is 0 Å². The molecular weight excluding hydrogens is 570 g/mol. The van der Waals surface area contributed by atoms with Crippen molar-refractivity contribution in [3.63, 3.8) is 0 Å². The Morgan fingerprint density at radius 1 is 0.783 bits per heavy atom. The van der Waals surface area contributed by atoms with Gasteiger partial charge in [0.15, 0.2) is 0 Å². The lowest BCUT2D eigenvalue weighted by atomic mass is 9.88. The predicted molar refractivity (Wildman–Crippen MR) is 187 cm³/mol. The minimum Gasteiger partial charge on any atom is -0.508 e. The summed E-state index contributed by atoms with van der Waals surface area (Å²) in [6.07, 6.45) is 5.55. The van der Waals surface area contributed by atoms with E-state index < -0.39 is 0 Å². The van der Waals surface area contributed by atoms with Crippen LogP contribution in [0.25, 0.3) is 11.1 Å². The molecule has 1 amide bonds. The summed E-state index contributed by atoms with van der Waals surface area (Å²) in [6, 6.07) is 32.7. The first kappa shape index (κ1) is 31.4. The molecule has 0 aliphatic carbocycles. The highest BCUT2D eigenvalue weighted by atomic mass is 16.5. The van der Waals surface area contributed by atoms with E-state index in [0.29, 0.717) is 6.54 Å². The molecule has 0 aromatic heterocycles. The minimum absolute atomic E-state index is 0.0474. The Kier molecular flexibility index (Phi) is 10.4. The number of piperazine rings is 1. The number of benzene rings is 4. The number of allylic oxidation sites excluding steroid dienone is 1. The van der Waals surface area contributed by atoms with E-state index in [1.807, 2.05) is 24.3 Å². The molecule has 2 heterocycles. The quantitative estimate of drug-likeness (QED) is 0.119. The number of rotatable bonds is 13. The highest BCUT2D eigenvalue weighted by Gasteiger charge is 2.22. The maximum atomic E-state index is 11.8. The molecule has 0 unspecified atom stereocenters. The molecule has 4 aromatic rings. The molecule has 6 heteroatoms. The number of ether oxygens (including phenoxy) is 1. The van der Waals surface area contributed by atoms with Gasteiger partial charge in [0.1, 0.15) is 11.5 Å². The molecule has 46 heavy (non-hydrogen) atoms. The molecule has 0 saturated carbocycles. The second-order valence-corrected chi connectivity index (χ2v) is 12.3. The Balaban J connectivity index is 0.937. The molecule has 6 rings (SSSR count). The smallest absolute Gasteiger partial charge is 0.251 e. The molecule has 4 aromatic carbocycles. The number of fused-ring (bicyclic) bond motifs is 1. The van der Waals surface area contributed by atoms with Crippen LogP contribution in [0.2, 0.25) is 0 Å². The average Bonchev–Trinajstić information content (AvgIpc) is 3.48. The average molecular weight is 616 g/mol. The van der Waals surface area contributed by atoms with Crippen LogP contribution in [-0.4, -0.2) is 55.2 Å². The summed E-state index contributed by atoms with van der Waals surface area (Å²) in [7, 11) is 0. The molecule has 0 spiro atoms. The van der Waals surface area contributed by atoms with Crippen LogP contribution in [-0.2, 0) is 6.54 Å². The van der Waals surface area contributed by atoms with Gasteiger partial charge in [0.2, 0.25) is 0 Å². The van der Waals surface area contributed by atoms with Gasteiger partial charge < -0.3 is 20.1 Å². The Morgan fingerprint density at radius 2 is 1.48 bits per heavy atom. The fourth-order valence-electron chi connectivity index (χ4n) is 6.65. The second kappa shape index (κ2) is 15.2. The van der Waals surface area contributed by atoms with E-state index in [4.69, 9.17) is 4.74 Å². The minimum atomic E-state index is 0.0474. The van der Waals surface area contributed by atoms with Crippen molar-refractivity contribution < 1.29 is 14.6 Å². The third kappa shape index (κ3) is 7.63. The molecule has 0 bridgehead atoms. The van der Waals surface area contributed by atoms with Crippen molar-refractivity contribution in [1.82, 2.24) is 10.2 Å². The summed E-state index contributed by atoms with van der Waals surface area (Å²) in [5.74, 6) is 1.22. The van der Waals surface area contributed by atoms with Crippen LogP contribution in [0.1, 0.15) is 71.6 Å². The summed E-state index contributed by atoms with van der Waals surface area (Å²) in [5, 5.41) is 12.8. The molecule has 2 N–H and O–H groups in total. The van der Waals surface area contributed by atoms with Gasteiger partial charge in [-0.15, -0.1) is 0 Å². The normalized spacial score (nSPS) is 15.3. The monoisotopic (exact) mass is 615 g/mol. The van der Waals surface area contributed by atoms with Gasteiger partial charge in [-0.1, -0.05) is 74.4 Å². The van der Waals surface area contributed by atoms with Crippen LogP contribution in [0.3, 0.4) is 0 Å². The van der Waals surface area contributed by atoms with Gasteiger partial charge in [-0.05, 0) is 102 Å². The van der Waals surface area contributed by atoms with Crippen molar-refractivity contribution in [1.29, 1.82) is 0 Å². The molecule has 2 aliphatic heterocycles. The zero-order chi connectivity index (χ0) is 31.7. The Hall–Kier alpha value is -4.55. The molecule has 0 atom stereocenters. The molecule has 2 aliphatic rings. The number of anilines is 1. The summed E-state index contributed by atoms with van der Waals surface area (Å²) in [6.45, 7) is 8.96. The van der Waals surface area contributed by atoms with E-state index in [2.05, 4.69) is 82.7 Å². The largest absolute Gasteiger partial charge is 0.508 e. The number of phenols is 1. The zero-order valence-corrected chi connectivity index (χ0v) is 26.9. The number of phenolic OH excluding ortho intramolecular Hbond substituents is 1. The van der Waals surface area contributed by atoms with Crippen LogP contribution in [0.4, 0.5) is 5.69 Å². The van der Waals surface area contributed by atoms with E-state index in [-0.39, 0.29) is 11.7 Å². The van der Waals surface area contributed by atoms with Crippen LogP contribution >= 0.6 is 0 Å². The van der Waals surface area contributed by atoms with E-state index in [0.717, 1.165) is 80.2 Å². The molecular formula is C40H45N3O3. The van der Waals surface area contributed by atoms with E-state index in [9.17, 15) is 9.90 Å². The van der Waals surface area contributed by atoms with Gasteiger partial charge >= 0.3 is 0 Å². The van der Waals surface area contributed by atoms with Gasteiger partial charge in [0.25, 0.3) is 5.91 Å². The first-order valence-corrected chi connectivity index (χ1v) is 16.8. The second-order valence-electron chi connectivity index (χ2n) is 12.3. The van der Waals surface area contributed by atoms with Crippen LogP contribution < -0.4 is 15.0 Å². The van der Waals surface area contributed by atoms with Crippen LogP contribution in [0.5, 0.6) is 11.5 Å². The van der Waals surface area contributed by atoms with Crippen LogP contribution in [0.15, 0.2) is 97.1 Å². The Bertz CT molecular complexity index is 1620.